The van der Waals surface area contributed by atoms with Crippen molar-refractivity contribution in [1.82, 2.24) is 0 Å². The van der Waals surface area contributed by atoms with E-state index in [-0.39, 0.29) is 5.41 Å². The molecule has 0 spiro atoms. The Hall–Kier alpha value is -1.16. The third-order valence-corrected chi connectivity index (χ3v) is 8.57. The van der Waals surface area contributed by atoms with Crippen LogP contribution in [-0.4, -0.2) is 24.6 Å². The second-order valence-corrected chi connectivity index (χ2v) is 9.70. The summed E-state index contributed by atoms with van der Waals surface area (Å²) in [6, 6.07) is 0. The standard InChI is InChI=1S/C22H34N2O2/c1-14-12-16-17-4-5-20(25)22(17,3)9-7-18(16)21(2)8-6-15(13-19(14)21)24-26-11-10-23/h16-19H,1,4-13,23H2,2-3H3/b24-15-/t16-,17-,18-,19?,21+,22-/m0/s1. The third-order valence-electron chi connectivity index (χ3n) is 8.57. The Labute approximate surface area is 157 Å². The van der Waals surface area contributed by atoms with Crippen molar-refractivity contribution in [2.45, 2.75) is 65.2 Å². The lowest BCUT2D eigenvalue weighted by Crippen LogP contribution is -2.54. The van der Waals surface area contributed by atoms with E-state index in [1.54, 1.807) is 0 Å². The van der Waals surface area contributed by atoms with E-state index in [1.165, 1.54) is 24.1 Å². The van der Waals surface area contributed by atoms with E-state index in [9.17, 15) is 4.79 Å². The highest BCUT2D eigenvalue weighted by atomic mass is 16.6. The van der Waals surface area contributed by atoms with Gasteiger partial charge in [0.25, 0.3) is 0 Å². The average Bonchev–Trinajstić information content (AvgIpc) is 2.92. The van der Waals surface area contributed by atoms with Gasteiger partial charge in [-0.2, -0.15) is 0 Å². The maximum atomic E-state index is 12.6. The molecule has 0 amide bonds. The van der Waals surface area contributed by atoms with Gasteiger partial charge in [-0.25, -0.2) is 0 Å². The summed E-state index contributed by atoms with van der Waals surface area (Å²) >= 11 is 0. The summed E-state index contributed by atoms with van der Waals surface area (Å²) in [5, 5.41) is 4.36. The van der Waals surface area contributed by atoms with Gasteiger partial charge in [-0.1, -0.05) is 31.2 Å². The number of nitrogens with two attached hydrogens (primary N) is 1. The molecule has 6 atom stereocenters. The second kappa shape index (κ2) is 6.47. The van der Waals surface area contributed by atoms with E-state index in [2.05, 4.69) is 25.6 Å². The maximum absolute atomic E-state index is 12.6. The molecule has 4 saturated carbocycles. The van der Waals surface area contributed by atoms with Crippen LogP contribution in [0.2, 0.25) is 0 Å². The van der Waals surface area contributed by atoms with Crippen molar-refractivity contribution in [2.24, 2.45) is 45.4 Å². The van der Waals surface area contributed by atoms with Crippen molar-refractivity contribution < 1.29 is 9.63 Å². The highest BCUT2D eigenvalue weighted by Gasteiger charge is 2.60. The van der Waals surface area contributed by atoms with Crippen molar-refractivity contribution in [3.05, 3.63) is 12.2 Å². The molecule has 0 aromatic carbocycles. The van der Waals surface area contributed by atoms with Gasteiger partial charge in [-0.3, -0.25) is 4.79 Å². The zero-order valence-corrected chi connectivity index (χ0v) is 16.4. The Morgan fingerprint density at radius 1 is 1.19 bits per heavy atom. The van der Waals surface area contributed by atoms with Crippen molar-refractivity contribution in [3.63, 3.8) is 0 Å². The van der Waals surface area contributed by atoms with Crippen LogP contribution in [-0.2, 0) is 9.63 Å². The number of oxime groups is 1. The molecular weight excluding hydrogens is 324 g/mol. The molecule has 0 heterocycles. The second-order valence-electron chi connectivity index (χ2n) is 9.70. The molecule has 4 nitrogen and oxygen atoms in total. The Kier molecular flexibility index (Phi) is 4.53. The lowest BCUT2D eigenvalue weighted by molar-refractivity contribution is -0.134. The van der Waals surface area contributed by atoms with Crippen molar-refractivity contribution in [2.75, 3.05) is 13.2 Å². The first-order valence-corrected chi connectivity index (χ1v) is 10.5. The van der Waals surface area contributed by atoms with Crippen LogP contribution >= 0.6 is 0 Å². The molecule has 0 aromatic heterocycles. The molecule has 0 bridgehead atoms. The summed E-state index contributed by atoms with van der Waals surface area (Å²) in [6.07, 6.45) is 8.48. The van der Waals surface area contributed by atoms with Crippen molar-refractivity contribution >= 4 is 11.5 Å². The van der Waals surface area contributed by atoms with Crippen LogP contribution in [0.3, 0.4) is 0 Å². The number of nitrogens with zero attached hydrogens (tertiary/aromatic N) is 1. The number of carbonyl (C=O) groups excluding carboxylic acids is 1. The average molecular weight is 359 g/mol. The Morgan fingerprint density at radius 3 is 2.77 bits per heavy atom. The molecule has 4 fully saturated rings. The van der Waals surface area contributed by atoms with Crippen LogP contribution in [0.25, 0.3) is 0 Å². The SMILES string of the molecule is C=C1C[C@@H]2[C@H](CC[C@]3(C)C(=O)CC[C@@H]23)[C@@]2(C)CC/C(=N/OCCN)CC12. The molecule has 0 aromatic rings. The molecular formula is C22H34N2O2. The van der Waals surface area contributed by atoms with Crippen LogP contribution in [0.4, 0.5) is 0 Å². The number of Topliss-reactive ketones (excluding diaryl/α,β-unsaturated/α-hetero) is 1. The third kappa shape index (κ3) is 2.59. The first-order valence-electron chi connectivity index (χ1n) is 10.5. The molecule has 0 radical (unpaired) electrons. The molecule has 1 unspecified atom stereocenters. The predicted molar refractivity (Wildman–Crippen MR) is 104 cm³/mol. The van der Waals surface area contributed by atoms with E-state index in [0.29, 0.717) is 42.1 Å². The number of fused-ring (bicyclic) bond motifs is 5. The van der Waals surface area contributed by atoms with Crippen LogP contribution in [0.1, 0.15) is 65.2 Å². The Balaban J connectivity index is 1.57. The van der Waals surface area contributed by atoms with Crippen LogP contribution < -0.4 is 5.73 Å². The van der Waals surface area contributed by atoms with Gasteiger partial charge in [0.1, 0.15) is 12.4 Å². The van der Waals surface area contributed by atoms with Crippen molar-refractivity contribution in [1.29, 1.82) is 0 Å². The summed E-state index contributed by atoms with van der Waals surface area (Å²) in [5.74, 6) is 2.99. The van der Waals surface area contributed by atoms with Gasteiger partial charge in [0.15, 0.2) is 0 Å². The van der Waals surface area contributed by atoms with E-state index in [0.717, 1.165) is 44.4 Å². The highest BCUT2D eigenvalue weighted by molar-refractivity contribution is 5.87. The molecule has 4 aliphatic rings. The van der Waals surface area contributed by atoms with Gasteiger partial charge in [-0.05, 0) is 74.0 Å². The molecule has 4 rings (SSSR count). The van der Waals surface area contributed by atoms with Crippen LogP contribution in [0.5, 0.6) is 0 Å². The number of hydrogen-bond donors (Lipinski definition) is 1. The van der Waals surface area contributed by atoms with Gasteiger partial charge in [0.05, 0.1) is 5.71 Å². The van der Waals surface area contributed by atoms with E-state index >= 15 is 0 Å². The summed E-state index contributed by atoms with van der Waals surface area (Å²) in [4.78, 5) is 17.9. The van der Waals surface area contributed by atoms with Crippen molar-refractivity contribution in [3.8, 4) is 0 Å². The smallest absolute Gasteiger partial charge is 0.139 e. The topological polar surface area (TPSA) is 64.7 Å². The zero-order valence-electron chi connectivity index (χ0n) is 16.4. The molecule has 26 heavy (non-hydrogen) atoms. The number of hydrogen-bond acceptors (Lipinski definition) is 4. The summed E-state index contributed by atoms with van der Waals surface area (Å²) in [5.41, 5.74) is 8.32. The van der Waals surface area contributed by atoms with Gasteiger partial charge in [0, 0.05) is 18.4 Å². The fourth-order valence-corrected chi connectivity index (χ4v) is 7.09. The minimum absolute atomic E-state index is 0.0536. The summed E-state index contributed by atoms with van der Waals surface area (Å²) in [6.45, 7) is 10.3. The van der Waals surface area contributed by atoms with E-state index in [1.807, 2.05) is 0 Å². The fourth-order valence-electron chi connectivity index (χ4n) is 7.09. The molecule has 144 valence electrons. The molecule has 4 heteroatoms. The first-order chi connectivity index (χ1) is 12.4. The van der Waals surface area contributed by atoms with Gasteiger partial charge in [-0.15, -0.1) is 0 Å². The number of allylic oxidation sites excluding steroid dienone is 1. The molecule has 0 saturated heterocycles. The van der Waals surface area contributed by atoms with Gasteiger partial charge >= 0.3 is 0 Å². The minimum atomic E-state index is -0.0536. The molecule has 4 aliphatic carbocycles. The summed E-state index contributed by atoms with van der Waals surface area (Å²) in [7, 11) is 0. The lowest BCUT2D eigenvalue weighted by atomic mass is 9.44. The lowest BCUT2D eigenvalue weighted by Gasteiger charge is -2.60. The predicted octanol–water partition coefficient (Wildman–Crippen LogP) is 4.10. The van der Waals surface area contributed by atoms with Gasteiger partial charge in [0.2, 0.25) is 0 Å². The monoisotopic (exact) mass is 358 g/mol. The normalized spacial score (nSPS) is 46.7. The van der Waals surface area contributed by atoms with E-state index in [4.69, 9.17) is 10.6 Å². The maximum Gasteiger partial charge on any atom is 0.139 e. The Morgan fingerprint density at radius 2 is 2.00 bits per heavy atom. The van der Waals surface area contributed by atoms with E-state index < -0.39 is 0 Å². The number of ketones is 1. The molecule has 2 N–H and O–H groups in total. The van der Waals surface area contributed by atoms with Gasteiger partial charge < -0.3 is 10.6 Å². The largest absolute Gasteiger partial charge is 0.395 e. The zero-order chi connectivity index (χ0) is 18.5. The Bertz CT molecular complexity index is 642. The van der Waals surface area contributed by atoms with Crippen LogP contribution in [0.15, 0.2) is 17.3 Å². The number of rotatable bonds is 3. The molecule has 0 aliphatic heterocycles. The highest BCUT2D eigenvalue weighted by Crippen LogP contribution is 2.66. The number of carbonyl (C=O) groups is 1. The first kappa shape index (κ1) is 18.2. The quantitative estimate of drug-likeness (QED) is 0.469. The van der Waals surface area contributed by atoms with Crippen LogP contribution in [0, 0.1) is 34.5 Å². The summed E-state index contributed by atoms with van der Waals surface area (Å²) < 4.78 is 0. The fraction of sp³-hybridized carbons (Fsp3) is 0.818. The minimum Gasteiger partial charge on any atom is -0.395 e.